The fourth-order valence-corrected chi connectivity index (χ4v) is 2.56. The minimum atomic E-state index is -0.118. The minimum absolute atomic E-state index is 0.118. The van der Waals surface area contributed by atoms with Crippen molar-refractivity contribution in [3.8, 4) is 5.75 Å². The molecule has 6 nitrogen and oxygen atoms in total. The normalized spacial score (nSPS) is 12.0. The molecule has 1 atom stereocenters. The Bertz CT molecular complexity index is 657. The van der Waals surface area contributed by atoms with Gasteiger partial charge in [0.2, 0.25) is 0 Å². The van der Waals surface area contributed by atoms with Crippen molar-refractivity contribution < 1.29 is 19.4 Å². The summed E-state index contributed by atoms with van der Waals surface area (Å²) in [5.74, 6) is 1.77. The number of nitrogens with two attached hydrogens (primary N) is 1. The van der Waals surface area contributed by atoms with Gasteiger partial charge in [-0.2, -0.15) is 0 Å². The fourth-order valence-electron chi connectivity index (χ4n) is 2.00. The molecule has 0 saturated heterocycles. The molecular weight excluding hydrogens is 350 g/mol. The molecule has 0 aliphatic rings. The highest BCUT2D eigenvalue weighted by Gasteiger charge is 2.14. The highest BCUT2D eigenvalue weighted by Crippen LogP contribution is 2.27. The molecule has 0 spiro atoms. The van der Waals surface area contributed by atoms with E-state index in [0.717, 1.165) is 15.8 Å². The molecule has 3 N–H and O–H groups in total. The highest BCUT2D eigenvalue weighted by atomic mass is 79.9. The number of aromatic nitrogens is 1. The Labute approximate surface area is 137 Å². The first-order valence-electron chi connectivity index (χ1n) is 6.89. The topological polar surface area (TPSA) is 81.0 Å². The number of carbonyl (C=O) groups excluding carboxylic acids is 1. The lowest BCUT2D eigenvalue weighted by Crippen LogP contribution is -2.86. The predicted molar refractivity (Wildman–Crippen MR) is 85.8 cm³/mol. The zero-order chi connectivity index (χ0) is 16.1. The first-order chi connectivity index (χ1) is 10.5. The maximum Gasteiger partial charge on any atom is 0.280 e. The average molecular weight is 369 g/mol. The number of rotatable bonds is 6. The maximum atomic E-state index is 11.9. The summed E-state index contributed by atoms with van der Waals surface area (Å²) in [6.45, 7) is 4.12. The number of aryl methyl sites for hydroxylation is 1. The SMILES string of the molecule is COc1ccc([C@@H](C)[NH2+]CC(=O)Nc2cc(C)on2)cc1Br. The van der Waals surface area contributed by atoms with Crippen LogP contribution in [0.5, 0.6) is 5.75 Å². The molecule has 0 bridgehead atoms. The Morgan fingerprint density at radius 3 is 2.86 bits per heavy atom. The standard InChI is InChI=1S/C15H18BrN3O3/c1-9-6-14(19-22-9)18-15(20)8-17-10(2)11-4-5-13(21-3)12(16)7-11/h4-7,10,17H,8H2,1-3H3,(H,18,19,20)/p+1/t10-/m1/s1. The molecule has 1 aromatic heterocycles. The lowest BCUT2D eigenvalue weighted by atomic mass is 10.1. The van der Waals surface area contributed by atoms with Crippen LogP contribution in [0.3, 0.4) is 0 Å². The Kier molecular flexibility index (Phi) is 5.57. The fraction of sp³-hybridized carbons (Fsp3) is 0.333. The summed E-state index contributed by atoms with van der Waals surface area (Å²) in [6, 6.07) is 7.72. The predicted octanol–water partition coefficient (Wildman–Crippen LogP) is 2.02. The molecule has 2 aromatic rings. The monoisotopic (exact) mass is 368 g/mol. The van der Waals surface area contributed by atoms with E-state index in [0.29, 0.717) is 18.1 Å². The third-order valence-electron chi connectivity index (χ3n) is 3.25. The van der Waals surface area contributed by atoms with Gasteiger partial charge >= 0.3 is 0 Å². The molecule has 1 amide bonds. The maximum absolute atomic E-state index is 11.9. The molecule has 1 aromatic carbocycles. The Morgan fingerprint density at radius 1 is 1.50 bits per heavy atom. The van der Waals surface area contributed by atoms with Crippen LogP contribution in [-0.4, -0.2) is 24.7 Å². The number of halogens is 1. The number of ether oxygens (including phenoxy) is 1. The second-order valence-corrected chi connectivity index (χ2v) is 5.85. The number of amides is 1. The van der Waals surface area contributed by atoms with Gasteiger partial charge in [-0.15, -0.1) is 0 Å². The first kappa shape index (κ1) is 16.5. The minimum Gasteiger partial charge on any atom is -0.496 e. The van der Waals surface area contributed by atoms with Gasteiger partial charge in [0.1, 0.15) is 17.6 Å². The molecule has 22 heavy (non-hydrogen) atoms. The molecule has 2 rings (SSSR count). The number of quaternary nitrogens is 1. The van der Waals surface area contributed by atoms with Gasteiger partial charge < -0.3 is 19.9 Å². The van der Waals surface area contributed by atoms with Crippen LogP contribution in [0.2, 0.25) is 0 Å². The molecule has 118 valence electrons. The lowest BCUT2D eigenvalue weighted by molar-refractivity contribution is -0.682. The van der Waals surface area contributed by atoms with Gasteiger partial charge in [-0.3, -0.25) is 4.79 Å². The lowest BCUT2D eigenvalue weighted by Gasteiger charge is -2.12. The van der Waals surface area contributed by atoms with E-state index in [4.69, 9.17) is 9.26 Å². The van der Waals surface area contributed by atoms with Gasteiger partial charge in [-0.25, -0.2) is 0 Å². The van der Waals surface area contributed by atoms with Crippen molar-refractivity contribution in [2.75, 3.05) is 19.0 Å². The third-order valence-corrected chi connectivity index (χ3v) is 3.87. The summed E-state index contributed by atoms with van der Waals surface area (Å²) in [5, 5.41) is 8.38. The molecule has 0 aliphatic heterocycles. The van der Waals surface area contributed by atoms with Crippen molar-refractivity contribution in [1.29, 1.82) is 0 Å². The van der Waals surface area contributed by atoms with Crippen molar-refractivity contribution in [1.82, 2.24) is 5.16 Å². The van der Waals surface area contributed by atoms with Gasteiger partial charge in [-0.1, -0.05) is 5.16 Å². The van der Waals surface area contributed by atoms with E-state index >= 15 is 0 Å². The number of hydrogen-bond acceptors (Lipinski definition) is 4. The van der Waals surface area contributed by atoms with Crippen molar-refractivity contribution in [3.63, 3.8) is 0 Å². The number of nitrogens with one attached hydrogen (secondary N) is 1. The van der Waals surface area contributed by atoms with Gasteiger partial charge in [0.25, 0.3) is 5.91 Å². The summed E-state index contributed by atoms with van der Waals surface area (Å²) < 4.78 is 11.0. The third kappa shape index (κ3) is 4.32. The number of hydrogen-bond donors (Lipinski definition) is 2. The van der Waals surface area contributed by atoms with Gasteiger partial charge in [-0.05, 0) is 48.0 Å². The van der Waals surface area contributed by atoms with Crippen LogP contribution in [0, 0.1) is 6.92 Å². The van der Waals surface area contributed by atoms with Crippen molar-refractivity contribution in [2.45, 2.75) is 19.9 Å². The average Bonchev–Trinajstić information content (AvgIpc) is 2.89. The van der Waals surface area contributed by atoms with Crippen molar-refractivity contribution >= 4 is 27.7 Å². The van der Waals surface area contributed by atoms with E-state index in [1.54, 1.807) is 20.1 Å². The quantitative estimate of drug-likeness (QED) is 0.817. The molecular formula is C15H19BrN3O3+. The van der Waals surface area contributed by atoms with Crippen LogP contribution in [0.4, 0.5) is 5.82 Å². The molecule has 0 aliphatic carbocycles. The van der Waals surface area contributed by atoms with Crippen LogP contribution in [0.1, 0.15) is 24.3 Å². The number of methoxy groups -OCH3 is 1. The van der Waals surface area contributed by atoms with Crippen LogP contribution in [0.25, 0.3) is 0 Å². The first-order valence-corrected chi connectivity index (χ1v) is 7.69. The summed E-state index contributed by atoms with van der Waals surface area (Å²) in [5.41, 5.74) is 1.11. The molecule has 0 unspecified atom stereocenters. The van der Waals surface area contributed by atoms with Crippen molar-refractivity contribution in [3.05, 3.63) is 40.1 Å². The number of benzene rings is 1. The molecule has 1 heterocycles. The van der Waals surface area contributed by atoms with E-state index in [1.165, 1.54) is 0 Å². The van der Waals surface area contributed by atoms with E-state index in [2.05, 4.69) is 26.4 Å². The zero-order valence-corrected chi connectivity index (χ0v) is 14.3. The smallest absolute Gasteiger partial charge is 0.280 e. The second kappa shape index (κ2) is 7.42. The Balaban J connectivity index is 1.88. The number of nitrogens with zero attached hydrogens (tertiary/aromatic N) is 1. The summed E-state index contributed by atoms with van der Waals surface area (Å²) >= 11 is 3.47. The zero-order valence-electron chi connectivity index (χ0n) is 12.7. The molecule has 7 heteroatoms. The molecule has 0 saturated carbocycles. The van der Waals surface area contributed by atoms with E-state index in [-0.39, 0.29) is 11.9 Å². The van der Waals surface area contributed by atoms with E-state index in [1.807, 2.05) is 30.4 Å². The summed E-state index contributed by atoms with van der Waals surface area (Å²) in [6.07, 6.45) is 0. The van der Waals surface area contributed by atoms with Gasteiger partial charge in [0, 0.05) is 11.6 Å². The number of anilines is 1. The van der Waals surface area contributed by atoms with Crippen molar-refractivity contribution in [2.24, 2.45) is 0 Å². The number of carbonyl (C=O) groups is 1. The second-order valence-electron chi connectivity index (χ2n) is 4.99. The Hall–Kier alpha value is -1.86. The van der Waals surface area contributed by atoms with Gasteiger partial charge in [0.05, 0.1) is 11.6 Å². The largest absolute Gasteiger partial charge is 0.496 e. The van der Waals surface area contributed by atoms with E-state index < -0.39 is 0 Å². The van der Waals surface area contributed by atoms with E-state index in [9.17, 15) is 4.79 Å². The van der Waals surface area contributed by atoms with Crippen LogP contribution >= 0.6 is 15.9 Å². The van der Waals surface area contributed by atoms with Crippen LogP contribution in [-0.2, 0) is 4.79 Å². The molecule has 0 fully saturated rings. The molecule has 0 radical (unpaired) electrons. The van der Waals surface area contributed by atoms with Crippen LogP contribution in [0.15, 0.2) is 33.3 Å². The summed E-state index contributed by atoms with van der Waals surface area (Å²) in [7, 11) is 1.63. The Morgan fingerprint density at radius 2 is 2.27 bits per heavy atom. The summed E-state index contributed by atoms with van der Waals surface area (Å²) in [4.78, 5) is 11.9. The highest BCUT2D eigenvalue weighted by molar-refractivity contribution is 9.10. The van der Waals surface area contributed by atoms with Gasteiger partial charge in [0.15, 0.2) is 12.4 Å². The van der Waals surface area contributed by atoms with Crippen LogP contribution < -0.4 is 15.4 Å².